The third kappa shape index (κ3) is 12.0. The Morgan fingerprint density at radius 3 is 1.88 bits per heavy atom. The Morgan fingerprint density at radius 2 is 1.43 bits per heavy atom. The zero-order valence-electron chi connectivity index (χ0n) is 25.5. The molecule has 0 spiro atoms. The minimum absolute atomic E-state index is 0.0365. The number of benzene rings is 1. The van der Waals surface area contributed by atoms with Crippen LogP contribution < -0.4 is 0 Å². The second-order valence-electron chi connectivity index (χ2n) is 11.4. The van der Waals surface area contributed by atoms with Crippen molar-refractivity contribution < 1.29 is 33.1 Å². The van der Waals surface area contributed by atoms with E-state index in [4.69, 9.17) is 9.26 Å². The van der Waals surface area contributed by atoms with Gasteiger partial charge < -0.3 is 18.8 Å². The standard InChI is InChI=1S/C28H46N5O8P/c1-6-40-42(5,39)27(24-7-9-25(10-8-24)33(37)38)32-17-15-30(20-22-35)12-11-29(19-21-34)13-14-31(16-18-32)23-26(36)41-28(2,3)4/h7-10,21-22,27H,6,11-20,23H2,1-5H3. The number of carbonyl (C=O) groups excluding carboxylic acids is 3. The number of nitro groups is 1. The predicted molar refractivity (Wildman–Crippen MR) is 160 cm³/mol. The number of esters is 1. The third-order valence-electron chi connectivity index (χ3n) is 6.89. The number of rotatable bonds is 12. The molecule has 1 aromatic carbocycles. The molecule has 2 rings (SSSR count). The van der Waals surface area contributed by atoms with E-state index in [9.17, 15) is 29.1 Å². The normalized spacial score (nSPS) is 19.5. The van der Waals surface area contributed by atoms with Gasteiger partial charge in [0.05, 0.1) is 31.2 Å². The highest BCUT2D eigenvalue weighted by atomic mass is 31.2. The molecule has 1 saturated heterocycles. The van der Waals surface area contributed by atoms with E-state index in [2.05, 4.69) is 0 Å². The molecule has 1 aliphatic heterocycles. The fourth-order valence-corrected chi connectivity index (χ4v) is 7.15. The second kappa shape index (κ2) is 16.9. The molecule has 0 aromatic heterocycles. The van der Waals surface area contributed by atoms with Gasteiger partial charge in [-0.3, -0.25) is 39.1 Å². The lowest BCUT2D eigenvalue weighted by Crippen LogP contribution is -2.48. The zero-order valence-corrected chi connectivity index (χ0v) is 26.4. The fraction of sp³-hybridized carbons (Fsp3) is 0.679. The molecule has 0 saturated carbocycles. The maximum absolute atomic E-state index is 14.1. The molecule has 1 aliphatic rings. The van der Waals surface area contributed by atoms with E-state index >= 15 is 0 Å². The van der Waals surface area contributed by atoms with Crippen LogP contribution in [0.1, 0.15) is 39.0 Å². The van der Waals surface area contributed by atoms with Gasteiger partial charge in [0.15, 0.2) is 0 Å². The number of nitrogens with zero attached hydrogens (tertiary/aromatic N) is 5. The van der Waals surface area contributed by atoms with Crippen LogP contribution in [0.15, 0.2) is 24.3 Å². The topological polar surface area (TPSA) is 143 Å². The van der Waals surface area contributed by atoms with Crippen LogP contribution in [0.4, 0.5) is 5.69 Å². The van der Waals surface area contributed by atoms with Crippen molar-refractivity contribution >= 4 is 31.6 Å². The van der Waals surface area contributed by atoms with Crippen LogP contribution in [0.3, 0.4) is 0 Å². The van der Waals surface area contributed by atoms with Gasteiger partial charge in [-0.25, -0.2) is 0 Å². The summed E-state index contributed by atoms with van der Waals surface area (Å²) in [5, 5.41) is 11.3. The summed E-state index contributed by atoms with van der Waals surface area (Å²) < 4.78 is 25.4. The van der Waals surface area contributed by atoms with Crippen LogP contribution in [0.2, 0.25) is 0 Å². The summed E-state index contributed by atoms with van der Waals surface area (Å²) in [7, 11) is -3.33. The van der Waals surface area contributed by atoms with Gasteiger partial charge in [0.2, 0.25) is 7.37 Å². The minimum atomic E-state index is -3.33. The highest BCUT2D eigenvalue weighted by Crippen LogP contribution is 2.58. The Labute approximate surface area is 248 Å². The Balaban J connectivity index is 2.48. The Hall–Kier alpha value is -2.54. The fourth-order valence-electron chi connectivity index (χ4n) is 4.96. The maximum atomic E-state index is 14.1. The number of non-ortho nitro benzene ring substituents is 1. The molecule has 0 bridgehead atoms. The van der Waals surface area contributed by atoms with Crippen LogP contribution in [-0.4, -0.2) is 134 Å². The first kappa shape index (κ1) is 35.7. The SMILES string of the molecule is CCOP(C)(=O)C(c1ccc([N+](=O)[O-])cc1)N1CCN(CC=O)CCN(CC=O)CCN(CC(=O)OC(C)(C)C)CC1. The summed E-state index contributed by atoms with van der Waals surface area (Å²) in [5.74, 6) is -1.09. The lowest BCUT2D eigenvalue weighted by atomic mass is 10.2. The summed E-state index contributed by atoms with van der Waals surface area (Å²) in [6, 6.07) is 5.99. The largest absolute Gasteiger partial charge is 0.459 e. The van der Waals surface area contributed by atoms with E-state index in [0.717, 1.165) is 12.6 Å². The summed E-state index contributed by atoms with van der Waals surface area (Å²) in [6.07, 6.45) is 1.68. The van der Waals surface area contributed by atoms with Gasteiger partial charge in [-0.1, -0.05) is 12.1 Å². The number of hydrogen-bond acceptors (Lipinski definition) is 12. The van der Waals surface area contributed by atoms with E-state index in [1.54, 1.807) is 46.5 Å². The van der Waals surface area contributed by atoms with Crippen molar-refractivity contribution in [1.29, 1.82) is 0 Å². The predicted octanol–water partition coefficient (Wildman–Crippen LogP) is 2.50. The molecule has 2 unspecified atom stereocenters. The monoisotopic (exact) mass is 611 g/mol. The zero-order chi connectivity index (χ0) is 31.3. The van der Waals surface area contributed by atoms with E-state index in [1.807, 2.05) is 19.6 Å². The Morgan fingerprint density at radius 1 is 0.952 bits per heavy atom. The molecule has 13 nitrogen and oxygen atoms in total. The molecule has 1 heterocycles. The summed E-state index contributed by atoms with van der Waals surface area (Å²) in [6.45, 7) is 13.2. The molecule has 1 fully saturated rings. The van der Waals surface area contributed by atoms with Gasteiger partial charge in [-0.15, -0.1) is 0 Å². The lowest BCUT2D eigenvalue weighted by molar-refractivity contribution is -0.384. The van der Waals surface area contributed by atoms with Crippen molar-refractivity contribution in [2.75, 3.05) is 85.3 Å². The van der Waals surface area contributed by atoms with Gasteiger partial charge in [0, 0.05) is 71.2 Å². The summed E-state index contributed by atoms with van der Waals surface area (Å²) >= 11 is 0. The molecule has 0 amide bonds. The average molecular weight is 612 g/mol. The molecule has 0 N–H and O–H groups in total. The number of ether oxygens (including phenoxy) is 1. The van der Waals surface area contributed by atoms with Crippen LogP contribution in [-0.2, 0) is 28.2 Å². The smallest absolute Gasteiger partial charge is 0.320 e. The van der Waals surface area contributed by atoms with Crippen molar-refractivity contribution in [3.05, 3.63) is 39.9 Å². The van der Waals surface area contributed by atoms with Crippen LogP contribution in [0.5, 0.6) is 0 Å². The molecular formula is C28H46N5O8P. The van der Waals surface area contributed by atoms with E-state index < -0.39 is 23.7 Å². The lowest BCUT2D eigenvalue weighted by Gasteiger charge is -2.38. The van der Waals surface area contributed by atoms with Crippen molar-refractivity contribution in [3.8, 4) is 0 Å². The number of carbonyl (C=O) groups is 3. The van der Waals surface area contributed by atoms with Crippen LogP contribution in [0.25, 0.3) is 0 Å². The quantitative estimate of drug-likeness (QED) is 0.113. The van der Waals surface area contributed by atoms with Gasteiger partial charge in [-0.05, 0) is 33.3 Å². The third-order valence-corrected chi connectivity index (χ3v) is 9.17. The first-order valence-corrected chi connectivity index (χ1v) is 16.4. The molecule has 2 atom stereocenters. The molecule has 42 heavy (non-hydrogen) atoms. The Kier molecular flexibility index (Phi) is 14.4. The van der Waals surface area contributed by atoms with Gasteiger partial charge in [0.25, 0.3) is 5.69 Å². The van der Waals surface area contributed by atoms with E-state index in [-0.39, 0.29) is 37.9 Å². The number of nitro benzene ring substituents is 1. The average Bonchev–Trinajstić information content (AvgIpc) is 2.89. The van der Waals surface area contributed by atoms with Crippen LogP contribution >= 0.6 is 7.37 Å². The van der Waals surface area contributed by atoms with Crippen molar-refractivity contribution in [2.24, 2.45) is 0 Å². The van der Waals surface area contributed by atoms with E-state index in [0.29, 0.717) is 57.9 Å². The second-order valence-corrected chi connectivity index (χ2v) is 13.9. The van der Waals surface area contributed by atoms with Crippen molar-refractivity contribution in [1.82, 2.24) is 19.6 Å². The maximum Gasteiger partial charge on any atom is 0.320 e. The van der Waals surface area contributed by atoms with Crippen LogP contribution in [0, 0.1) is 10.1 Å². The van der Waals surface area contributed by atoms with Crippen molar-refractivity contribution in [2.45, 2.75) is 39.1 Å². The first-order valence-electron chi connectivity index (χ1n) is 14.3. The molecule has 236 valence electrons. The van der Waals surface area contributed by atoms with Gasteiger partial charge >= 0.3 is 5.97 Å². The highest BCUT2D eigenvalue weighted by Gasteiger charge is 2.36. The molecular weight excluding hydrogens is 565 g/mol. The first-order chi connectivity index (χ1) is 19.8. The highest BCUT2D eigenvalue weighted by molar-refractivity contribution is 7.58. The van der Waals surface area contributed by atoms with Gasteiger partial charge in [0.1, 0.15) is 24.0 Å². The van der Waals surface area contributed by atoms with E-state index in [1.165, 1.54) is 12.1 Å². The Bertz CT molecular complexity index is 1080. The molecule has 14 heteroatoms. The summed E-state index contributed by atoms with van der Waals surface area (Å²) in [5.41, 5.74) is -0.104. The molecule has 1 aromatic rings. The molecule has 0 radical (unpaired) electrons. The van der Waals surface area contributed by atoms with Crippen molar-refractivity contribution in [3.63, 3.8) is 0 Å². The minimum Gasteiger partial charge on any atom is -0.459 e. The van der Waals surface area contributed by atoms with Gasteiger partial charge in [-0.2, -0.15) is 0 Å². The summed E-state index contributed by atoms with van der Waals surface area (Å²) in [4.78, 5) is 54.3. The molecule has 0 aliphatic carbocycles. The number of aldehydes is 2. The number of hydrogen-bond donors (Lipinski definition) is 0.